The van der Waals surface area contributed by atoms with Gasteiger partial charge in [-0.25, -0.2) is 10.2 Å². The van der Waals surface area contributed by atoms with Crippen LogP contribution in [0.5, 0.6) is 0 Å². The summed E-state index contributed by atoms with van der Waals surface area (Å²) in [6.07, 6.45) is 1.84. The number of hydrogen-bond acceptors (Lipinski definition) is 1. The van der Waals surface area contributed by atoms with Crippen LogP contribution in [0.1, 0.15) is 5.56 Å². The number of hydrogen-bond donors (Lipinski definition) is 2. The fourth-order valence-electron chi connectivity index (χ4n) is 2.11. The number of fused-ring (bicyclic) bond motifs is 1. The molecule has 4 nitrogen and oxygen atoms in total. The molecule has 3 rings (SSSR count). The van der Waals surface area contributed by atoms with Crippen molar-refractivity contribution in [2.45, 2.75) is 6.54 Å². The molecular formula is C16H15N3O. The number of amides is 2. The summed E-state index contributed by atoms with van der Waals surface area (Å²) >= 11 is 0. The lowest BCUT2D eigenvalue weighted by Gasteiger charge is -2.09. The Morgan fingerprint density at radius 2 is 1.70 bits per heavy atom. The smallest absolute Gasteiger partial charge is 0.333 e. The maximum Gasteiger partial charge on any atom is 0.334 e. The minimum atomic E-state index is -0.227. The lowest BCUT2D eigenvalue weighted by atomic mass is 10.2. The second-order valence-corrected chi connectivity index (χ2v) is 4.52. The molecule has 3 aromatic rings. The van der Waals surface area contributed by atoms with Crippen LogP contribution in [0, 0.1) is 0 Å². The van der Waals surface area contributed by atoms with Gasteiger partial charge in [0.25, 0.3) is 0 Å². The van der Waals surface area contributed by atoms with Gasteiger partial charge in [-0.05, 0) is 17.7 Å². The Bertz CT molecular complexity index is 719. The first-order valence-corrected chi connectivity index (χ1v) is 6.48. The SMILES string of the molecule is O=C(NCc1ccccc1)Nn1ccc2ccccc21. The van der Waals surface area contributed by atoms with Crippen molar-refractivity contribution in [1.82, 2.24) is 9.99 Å². The van der Waals surface area contributed by atoms with E-state index in [0.717, 1.165) is 16.5 Å². The Labute approximate surface area is 117 Å². The Hall–Kier alpha value is -2.75. The van der Waals surface area contributed by atoms with Crippen LogP contribution in [0.25, 0.3) is 10.9 Å². The molecule has 2 amide bonds. The van der Waals surface area contributed by atoms with Crippen LogP contribution in [-0.4, -0.2) is 10.7 Å². The number of nitrogens with one attached hydrogen (secondary N) is 2. The number of benzene rings is 2. The Kier molecular flexibility index (Phi) is 3.37. The molecule has 0 spiro atoms. The van der Waals surface area contributed by atoms with Crippen molar-refractivity contribution in [2.24, 2.45) is 0 Å². The summed E-state index contributed by atoms with van der Waals surface area (Å²) in [7, 11) is 0. The highest BCUT2D eigenvalue weighted by molar-refractivity contribution is 5.86. The molecule has 0 aliphatic carbocycles. The zero-order chi connectivity index (χ0) is 13.8. The third kappa shape index (κ3) is 2.64. The van der Waals surface area contributed by atoms with Gasteiger partial charge in [0.2, 0.25) is 0 Å². The van der Waals surface area contributed by atoms with Crippen molar-refractivity contribution in [1.29, 1.82) is 0 Å². The highest BCUT2D eigenvalue weighted by Gasteiger charge is 2.04. The first kappa shape index (κ1) is 12.3. The largest absolute Gasteiger partial charge is 0.334 e. The summed E-state index contributed by atoms with van der Waals surface area (Å²) in [5, 5.41) is 3.92. The van der Waals surface area contributed by atoms with Crippen LogP contribution < -0.4 is 10.7 Å². The molecule has 0 saturated carbocycles. The van der Waals surface area contributed by atoms with E-state index in [1.807, 2.05) is 66.9 Å². The molecule has 100 valence electrons. The van der Waals surface area contributed by atoms with Gasteiger partial charge in [0.05, 0.1) is 5.52 Å². The summed E-state index contributed by atoms with van der Waals surface area (Å²) < 4.78 is 1.72. The van der Waals surface area contributed by atoms with Crippen molar-refractivity contribution < 1.29 is 4.79 Å². The van der Waals surface area contributed by atoms with Gasteiger partial charge in [0.15, 0.2) is 0 Å². The Morgan fingerprint density at radius 3 is 2.55 bits per heavy atom. The number of nitrogens with zero attached hydrogens (tertiary/aromatic N) is 1. The Morgan fingerprint density at radius 1 is 0.950 bits per heavy atom. The van der Waals surface area contributed by atoms with Crippen molar-refractivity contribution in [2.75, 3.05) is 5.43 Å². The van der Waals surface area contributed by atoms with Gasteiger partial charge in [-0.15, -0.1) is 0 Å². The maximum absolute atomic E-state index is 11.9. The molecule has 1 aromatic heterocycles. The summed E-state index contributed by atoms with van der Waals surface area (Å²) in [4.78, 5) is 11.9. The average Bonchev–Trinajstić information content (AvgIpc) is 2.90. The standard InChI is InChI=1S/C16H15N3O/c20-16(17-12-13-6-2-1-3-7-13)18-19-11-10-14-8-4-5-9-15(14)19/h1-11H,12H2,(H2,17,18,20). The molecule has 0 unspecified atom stereocenters. The van der Waals surface area contributed by atoms with Crippen molar-refractivity contribution in [3.8, 4) is 0 Å². The normalized spacial score (nSPS) is 10.4. The highest BCUT2D eigenvalue weighted by Crippen LogP contribution is 2.13. The van der Waals surface area contributed by atoms with E-state index in [0.29, 0.717) is 6.54 Å². The van der Waals surface area contributed by atoms with E-state index in [1.165, 1.54) is 0 Å². The lowest BCUT2D eigenvalue weighted by Crippen LogP contribution is -2.33. The average molecular weight is 265 g/mol. The number of carbonyl (C=O) groups is 1. The molecule has 2 aromatic carbocycles. The predicted octanol–water partition coefficient (Wildman–Crippen LogP) is 3.09. The van der Waals surface area contributed by atoms with Gasteiger partial charge in [-0.3, -0.25) is 4.68 Å². The molecule has 0 saturated heterocycles. The third-order valence-corrected chi connectivity index (χ3v) is 3.12. The van der Waals surface area contributed by atoms with Gasteiger partial charge >= 0.3 is 6.03 Å². The van der Waals surface area contributed by atoms with E-state index in [-0.39, 0.29) is 6.03 Å². The fourth-order valence-corrected chi connectivity index (χ4v) is 2.11. The maximum atomic E-state index is 11.9. The first-order valence-electron chi connectivity index (χ1n) is 6.48. The van der Waals surface area contributed by atoms with E-state index in [9.17, 15) is 4.79 Å². The summed E-state index contributed by atoms with van der Waals surface area (Å²) in [5.74, 6) is 0. The first-order chi connectivity index (χ1) is 9.83. The molecule has 0 aliphatic heterocycles. The van der Waals surface area contributed by atoms with Gasteiger partial charge in [0.1, 0.15) is 0 Å². The van der Waals surface area contributed by atoms with Gasteiger partial charge in [0, 0.05) is 18.1 Å². The second-order valence-electron chi connectivity index (χ2n) is 4.52. The molecule has 1 heterocycles. The summed E-state index contributed by atoms with van der Waals surface area (Å²) in [6.45, 7) is 0.506. The molecule has 0 aliphatic rings. The summed E-state index contributed by atoms with van der Waals surface area (Å²) in [5.41, 5.74) is 4.85. The van der Waals surface area contributed by atoms with E-state index in [4.69, 9.17) is 0 Å². The number of carbonyl (C=O) groups excluding carboxylic acids is 1. The van der Waals surface area contributed by atoms with Crippen LogP contribution in [0.15, 0.2) is 66.9 Å². The topological polar surface area (TPSA) is 46.1 Å². The zero-order valence-electron chi connectivity index (χ0n) is 10.9. The van der Waals surface area contributed by atoms with Gasteiger partial charge in [-0.2, -0.15) is 0 Å². The van der Waals surface area contributed by atoms with Crippen molar-refractivity contribution >= 4 is 16.9 Å². The Balaban J connectivity index is 1.64. The monoisotopic (exact) mass is 265 g/mol. The zero-order valence-corrected chi connectivity index (χ0v) is 10.9. The third-order valence-electron chi connectivity index (χ3n) is 3.12. The van der Waals surface area contributed by atoms with Crippen LogP contribution in [0.2, 0.25) is 0 Å². The molecule has 0 atom stereocenters. The van der Waals surface area contributed by atoms with E-state index in [1.54, 1.807) is 4.68 Å². The minimum Gasteiger partial charge on any atom is -0.333 e. The molecule has 2 N–H and O–H groups in total. The van der Waals surface area contributed by atoms with E-state index >= 15 is 0 Å². The molecular weight excluding hydrogens is 250 g/mol. The van der Waals surface area contributed by atoms with Crippen LogP contribution in [-0.2, 0) is 6.54 Å². The number of rotatable bonds is 3. The molecule has 4 heteroatoms. The molecule has 20 heavy (non-hydrogen) atoms. The predicted molar refractivity (Wildman–Crippen MR) is 80.0 cm³/mol. The van der Waals surface area contributed by atoms with Crippen LogP contribution in [0.4, 0.5) is 4.79 Å². The minimum absolute atomic E-state index is 0.227. The van der Waals surface area contributed by atoms with Crippen LogP contribution >= 0.6 is 0 Å². The van der Waals surface area contributed by atoms with E-state index in [2.05, 4.69) is 10.7 Å². The molecule has 0 bridgehead atoms. The fraction of sp³-hybridized carbons (Fsp3) is 0.0625. The molecule has 0 fully saturated rings. The number of para-hydroxylation sites is 1. The highest BCUT2D eigenvalue weighted by atomic mass is 16.2. The quantitative estimate of drug-likeness (QED) is 0.751. The second kappa shape index (κ2) is 5.48. The van der Waals surface area contributed by atoms with Crippen LogP contribution in [0.3, 0.4) is 0 Å². The van der Waals surface area contributed by atoms with Crippen molar-refractivity contribution in [3.05, 3.63) is 72.4 Å². The van der Waals surface area contributed by atoms with E-state index < -0.39 is 0 Å². The van der Waals surface area contributed by atoms with Crippen molar-refractivity contribution in [3.63, 3.8) is 0 Å². The summed E-state index contributed by atoms with van der Waals surface area (Å²) in [6, 6.07) is 19.4. The van der Waals surface area contributed by atoms with Gasteiger partial charge < -0.3 is 5.32 Å². The number of aromatic nitrogens is 1. The lowest BCUT2D eigenvalue weighted by molar-refractivity contribution is 0.249. The van der Waals surface area contributed by atoms with Gasteiger partial charge in [-0.1, -0.05) is 48.5 Å². The molecule has 0 radical (unpaired) electrons. The number of urea groups is 1.